The molecule has 1 atom stereocenters. The molecule has 0 radical (unpaired) electrons. The molecule has 8 rings (SSSR count). The van der Waals surface area contributed by atoms with Gasteiger partial charge in [0.25, 0.3) is 0 Å². The SMILES string of the molecule is C(#Cc1ccc2c(c1)N(Cc1ccccc1)CN2Cc1ccccc1)c1ccc2c(c1)C(Cc1ccccc1)CN2Cc1ccccc1. The highest BCUT2D eigenvalue weighted by Crippen LogP contribution is 2.40. The largest absolute Gasteiger partial charge is 0.366 e. The summed E-state index contributed by atoms with van der Waals surface area (Å²) < 4.78 is 0. The molecule has 0 aromatic heterocycles. The van der Waals surface area contributed by atoms with Crippen LogP contribution in [0.25, 0.3) is 0 Å². The van der Waals surface area contributed by atoms with E-state index in [1.165, 1.54) is 44.9 Å². The number of hydrogen-bond acceptors (Lipinski definition) is 3. The van der Waals surface area contributed by atoms with E-state index in [2.05, 4.69) is 184 Å². The molecule has 0 aliphatic carbocycles. The van der Waals surface area contributed by atoms with Crippen LogP contribution in [-0.2, 0) is 26.1 Å². The van der Waals surface area contributed by atoms with Crippen molar-refractivity contribution in [3.8, 4) is 11.8 Å². The van der Waals surface area contributed by atoms with Gasteiger partial charge < -0.3 is 14.7 Å². The average molecular weight is 622 g/mol. The van der Waals surface area contributed by atoms with Gasteiger partial charge in [-0.25, -0.2) is 0 Å². The molecular formula is C45H39N3. The van der Waals surface area contributed by atoms with Gasteiger partial charge in [0, 0.05) is 48.9 Å². The molecule has 234 valence electrons. The minimum Gasteiger partial charge on any atom is -0.366 e. The Morgan fingerprint density at radius 3 is 1.46 bits per heavy atom. The Balaban J connectivity index is 1.08. The van der Waals surface area contributed by atoms with Gasteiger partial charge in [-0.2, -0.15) is 0 Å². The summed E-state index contributed by atoms with van der Waals surface area (Å²) in [5, 5.41) is 0. The third-order valence-electron chi connectivity index (χ3n) is 9.57. The molecule has 2 heterocycles. The zero-order chi connectivity index (χ0) is 32.1. The average Bonchev–Trinajstić information content (AvgIpc) is 3.65. The van der Waals surface area contributed by atoms with Crippen LogP contribution >= 0.6 is 0 Å². The number of fused-ring (bicyclic) bond motifs is 2. The van der Waals surface area contributed by atoms with Crippen molar-refractivity contribution in [2.75, 3.05) is 27.9 Å². The van der Waals surface area contributed by atoms with E-state index in [-0.39, 0.29) is 0 Å². The maximum absolute atomic E-state index is 3.55. The van der Waals surface area contributed by atoms with Gasteiger partial charge in [0.15, 0.2) is 0 Å². The van der Waals surface area contributed by atoms with Gasteiger partial charge in [0.05, 0.1) is 18.0 Å². The molecule has 6 aromatic carbocycles. The fourth-order valence-electron chi connectivity index (χ4n) is 7.24. The zero-order valence-corrected chi connectivity index (χ0v) is 27.2. The van der Waals surface area contributed by atoms with Crippen LogP contribution in [0.3, 0.4) is 0 Å². The van der Waals surface area contributed by atoms with Crippen LogP contribution in [0.2, 0.25) is 0 Å². The van der Waals surface area contributed by atoms with E-state index in [0.29, 0.717) is 5.92 Å². The van der Waals surface area contributed by atoms with Crippen molar-refractivity contribution in [3.63, 3.8) is 0 Å². The molecule has 0 N–H and O–H groups in total. The summed E-state index contributed by atoms with van der Waals surface area (Å²) in [7, 11) is 0. The highest BCUT2D eigenvalue weighted by molar-refractivity contribution is 5.78. The van der Waals surface area contributed by atoms with Crippen LogP contribution < -0.4 is 14.7 Å². The molecular weight excluding hydrogens is 583 g/mol. The predicted molar refractivity (Wildman–Crippen MR) is 199 cm³/mol. The van der Waals surface area contributed by atoms with Gasteiger partial charge in [-0.3, -0.25) is 0 Å². The molecule has 48 heavy (non-hydrogen) atoms. The molecule has 0 spiro atoms. The van der Waals surface area contributed by atoms with Crippen molar-refractivity contribution in [1.29, 1.82) is 0 Å². The monoisotopic (exact) mass is 621 g/mol. The highest BCUT2D eigenvalue weighted by atomic mass is 15.4. The minimum atomic E-state index is 0.426. The Bertz CT molecular complexity index is 1900. The third-order valence-corrected chi connectivity index (χ3v) is 9.57. The Labute approximate surface area is 284 Å². The first-order valence-electron chi connectivity index (χ1n) is 17.0. The van der Waals surface area contributed by atoms with Crippen molar-refractivity contribution >= 4 is 17.1 Å². The topological polar surface area (TPSA) is 9.72 Å². The summed E-state index contributed by atoms with van der Waals surface area (Å²) in [4.78, 5) is 7.49. The third kappa shape index (κ3) is 6.57. The van der Waals surface area contributed by atoms with E-state index >= 15 is 0 Å². The number of nitrogens with zero attached hydrogens (tertiary/aromatic N) is 3. The van der Waals surface area contributed by atoms with Gasteiger partial charge in [-0.05, 0) is 70.6 Å². The van der Waals surface area contributed by atoms with Crippen LogP contribution in [0.4, 0.5) is 17.1 Å². The van der Waals surface area contributed by atoms with Gasteiger partial charge in [0.1, 0.15) is 0 Å². The summed E-state index contributed by atoms with van der Waals surface area (Å²) in [5.41, 5.74) is 12.7. The summed E-state index contributed by atoms with van der Waals surface area (Å²) >= 11 is 0. The lowest BCUT2D eigenvalue weighted by Crippen LogP contribution is -2.30. The van der Waals surface area contributed by atoms with E-state index in [4.69, 9.17) is 0 Å². The van der Waals surface area contributed by atoms with Crippen LogP contribution in [0.5, 0.6) is 0 Å². The normalized spacial score (nSPS) is 14.8. The summed E-state index contributed by atoms with van der Waals surface area (Å²) in [6.07, 6.45) is 1.03. The second kappa shape index (κ2) is 13.6. The standard InChI is InChI=1S/C45H39N3/c1-5-13-35(14-6-1)27-41-33-46(30-38-15-7-2-8-16-38)43-25-23-36(28-42(41)43)21-22-37-24-26-44-45(29-37)48(32-40-19-11-4-12-20-40)34-47(44)31-39-17-9-3-10-18-39/h1-20,23-26,28-29,41H,27,30-34H2. The van der Waals surface area contributed by atoms with Crippen molar-refractivity contribution in [2.45, 2.75) is 32.0 Å². The van der Waals surface area contributed by atoms with Gasteiger partial charge in [-0.15, -0.1) is 0 Å². The van der Waals surface area contributed by atoms with Gasteiger partial charge in [0.2, 0.25) is 0 Å². The molecule has 3 nitrogen and oxygen atoms in total. The first-order valence-corrected chi connectivity index (χ1v) is 17.0. The maximum Gasteiger partial charge on any atom is 0.0911 e. The Hall–Kier alpha value is -5.72. The molecule has 3 heteroatoms. The molecule has 0 saturated heterocycles. The van der Waals surface area contributed by atoms with E-state index in [1.807, 2.05) is 0 Å². The van der Waals surface area contributed by atoms with Crippen molar-refractivity contribution in [3.05, 3.63) is 197 Å². The van der Waals surface area contributed by atoms with Crippen LogP contribution in [0.15, 0.2) is 158 Å². The van der Waals surface area contributed by atoms with Crippen LogP contribution in [-0.4, -0.2) is 13.2 Å². The number of hydrogen-bond donors (Lipinski definition) is 0. The van der Waals surface area contributed by atoms with Crippen LogP contribution in [0.1, 0.15) is 44.9 Å². The lowest BCUT2D eigenvalue weighted by Gasteiger charge is -2.22. The first-order chi connectivity index (χ1) is 23.7. The first kappa shape index (κ1) is 29.7. The van der Waals surface area contributed by atoms with E-state index in [0.717, 1.165) is 50.4 Å². The Kier molecular flexibility index (Phi) is 8.38. The van der Waals surface area contributed by atoms with Gasteiger partial charge in [-0.1, -0.05) is 133 Å². The maximum atomic E-state index is 3.55. The molecule has 6 aromatic rings. The van der Waals surface area contributed by atoms with E-state index < -0.39 is 0 Å². The van der Waals surface area contributed by atoms with E-state index in [1.54, 1.807) is 0 Å². The smallest absolute Gasteiger partial charge is 0.0911 e. The Morgan fingerprint density at radius 2 is 0.896 bits per heavy atom. The predicted octanol–water partition coefficient (Wildman–Crippen LogP) is 9.42. The van der Waals surface area contributed by atoms with E-state index in [9.17, 15) is 0 Å². The second-order valence-corrected chi connectivity index (χ2v) is 13.0. The molecule has 0 amide bonds. The summed E-state index contributed by atoms with van der Waals surface area (Å²) in [6, 6.07) is 56.7. The zero-order valence-electron chi connectivity index (χ0n) is 27.2. The molecule has 0 fully saturated rings. The fraction of sp³-hybridized carbons (Fsp3) is 0.156. The van der Waals surface area contributed by atoms with Gasteiger partial charge >= 0.3 is 0 Å². The summed E-state index contributed by atoms with van der Waals surface area (Å²) in [5.74, 6) is 7.51. The van der Waals surface area contributed by atoms with Crippen molar-refractivity contribution < 1.29 is 0 Å². The van der Waals surface area contributed by atoms with Crippen molar-refractivity contribution in [1.82, 2.24) is 0 Å². The fourth-order valence-corrected chi connectivity index (χ4v) is 7.24. The quantitative estimate of drug-likeness (QED) is 0.157. The molecule has 2 aliphatic rings. The Morgan fingerprint density at radius 1 is 0.438 bits per heavy atom. The molecule has 0 bridgehead atoms. The lowest BCUT2D eigenvalue weighted by molar-refractivity contribution is 0.688. The molecule has 2 aliphatic heterocycles. The van der Waals surface area contributed by atoms with Crippen molar-refractivity contribution in [2.24, 2.45) is 0 Å². The minimum absolute atomic E-state index is 0.426. The summed E-state index contributed by atoms with van der Waals surface area (Å²) in [6.45, 7) is 4.52. The number of anilines is 3. The number of benzene rings is 6. The molecule has 1 unspecified atom stereocenters. The highest BCUT2D eigenvalue weighted by Gasteiger charge is 2.29. The number of rotatable bonds is 8. The molecule has 0 saturated carbocycles. The second-order valence-electron chi connectivity index (χ2n) is 13.0. The van der Waals surface area contributed by atoms with Crippen LogP contribution in [0, 0.1) is 11.8 Å². The lowest BCUT2D eigenvalue weighted by atomic mass is 9.93.